The van der Waals surface area contributed by atoms with E-state index in [4.69, 9.17) is 5.73 Å². The van der Waals surface area contributed by atoms with Gasteiger partial charge < -0.3 is 10.6 Å². The molecule has 4 heteroatoms. The van der Waals surface area contributed by atoms with Crippen LogP contribution in [0.3, 0.4) is 0 Å². The largest absolute Gasteiger partial charge is 0.341 e. The average molecular weight is 269 g/mol. The zero-order valence-corrected chi connectivity index (χ0v) is 13.1. The van der Waals surface area contributed by atoms with Gasteiger partial charge in [-0.15, -0.1) is 0 Å². The van der Waals surface area contributed by atoms with Gasteiger partial charge in [0.05, 0.1) is 6.54 Å². The lowest BCUT2D eigenvalue weighted by Crippen LogP contribution is -2.43. The van der Waals surface area contributed by atoms with Crippen molar-refractivity contribution in [3.8, 4) is 0 Å². The monoisotopic (exact) mass is 269 g/mol. The lowest BCUT2D eigenvalue weighted by atomic mass is 10.1. The summed E-state index contributed by atoms with van der Waals surface area (Å²) in [5.74, 6) is 1.91. The number of rotatable bonds is 7. The van der Waals surface area contributed by atoms with E-state index in [-0.39, 0.29) is 5.91 Å². The molecule has 0 radical (unpaired) electrons. The first-order valence-corrected chi connectivity index (χ1v) is 7.62. The van der Waals surface area contributed by atoms with E-state index in [0.29, 0.717) is 24.3 Å². The lowest BCUT2D eigenvalue weighted by Gasteiger charge is -2.28. The maximum atomic E-state index is 12.4. The molecule has 1 aliphatic heterocycles. The summed E-state index contributed by atoms with van der Waals surface area (Å²) in [5, 5.41) is 0. The van der Waals surface area contributed by atoms with E-state index in [0.717, 1.165) is 39.1 Å². The molecule has 0 aromatic rings. The smallest absolute Gasteiger partial charge is 0.236 e. The second-order valence-electron chi connectivity index (χ2n) is 6.71. The summed E-state index contributed by atoms with van der Waals surface area (Å²) in [6.45, 7) is 13.7. The Morgan fingerprint density at radius 1 is 1.26 bits per heavy atom. The molecule has 0 spiro atoms. The average Bonchev–Trinajstić information content (AvgIpc) is 2.74. The summed E-state index contributed by atoms with van der Waals surface area (Å²) in [7, 11) is 0. The molecule has 4 nitrogen and oxygen atoms in total. The number of likely N-dealkylation sites (tertiary alicyclic amines) is 1. The van der Waals surface area contributed by atoms with Crippen molar-refractivity contribution in [2.75, 3.05) is 39.3 Å². The molecule has 1 fully saturated rings. The highest BCUT2D eigenvalue weighted by atomic mass is 16.2. The van der Waals surface area contributed by atoms with Crippen LogP contribution in [0.4, 0.5) is 0 Å². The van der Waals surface area contributed by atoms with Crippen LogP contribution in [0.25, 0.3) is 0 Å². The zero-order chi connectivity index (χ0) is 14.4. The number of nitrogens with zero attached hydrogens (tertiary/aromatic N) is 2. The van der Waals surface area contributed by atoms with Crippen LogP contribution in [-0.2, 0) is 4.79 Å². The number of hydrogen-bond donors (Lipinski definition) is 1. The van der Waals surface area contributed by atoms with Gasteiger partial charge in [-0.05, 0) is 37.3 Å². The van der Waals surface area contributed by atoms with Gasteiger partial charge in [0.2, 0.25) is 5.91 Å². The standard InChI is InChI=1S/C15H31N3O/c1-12(2)8-18(9-13(3)4)15(19)11-17-6-5-14(7-16)10-17/h12-14H,5-11,16H2,1-4H3. The Morgan fingerprint density at radius 3 is 2.26 bits per heavy atom. The summed E-state index contributed by atoms with van der Waals surface area (Å²) in [6, 6.07) is 0. The predicted molar refractivity (Wildman–Crippen MR) is 79.9 cm³/mol. The highest BCUT2D eigenvalue weighted by Crippen LogP contribution is 2.15. The Labute approximate surface area is 118 Å². The molecule has 0 aromatic heterocycles. The molecule has 1 amide bonds. The molecule has 0 aliphatic carbocycles. The number of carbonyl (C=O) groups excluding carboxylic acids is 1. The van der Waals surface area contributed by atoms with Crippen LogP contribution in [0.2, 0.25) is 0 Å². The third-order valence-electron chi connectivity index (χ3n) is 3.59. The van der Waals surface area contributed by atoms with Crippen molar-refractivity contribution in [3.05, 3.63) is 0 Å². The topological polar surface area (TPSA) is 49.6 Å². The molecule has 1 heterocycles. The van der Waals surface area contributed by atoms with Crippen LogP contribution in [0.15, 0.2) is 0 Å². The van der Waals surface area contributed by atoms with E-state index in [1.807, 2.05) is 4.90 Å². The third-order valence-corrected chi connectivity index (χ3v) is 3.59. The van der Waals surface area contributed by atoms with E-state index in [9.17, 15) is 4.79 Å². The van der Waals surface area contributed by atoms with Crippen molar-refractivity contribution >= 4 is 5.91 Å². The molecule has 0 bridgehead atoms. The van der Waals surface area contributed by atoms with Gasteiger partial charge in [-0.1, -0.05) is 27.7 Å². The summed E-state index contributed by atoms with van der Waals surface area (Å²) < 4.78 is 0. The quantitative estimate of drug-likeness (QED) is 0.760. The summed E-state index contributed by atoms with van der Waals surface area (Å²) in [6.07, 6.45) is 1.14. The molecule has 0 aromatic carbocycles. The number of carbonyl (C=O) groups is 1. The van der Waals surface area contributed by atoms with Crippen molar-refractivity contribution < 1.29 is 4.79 Å². The van der Waals surface area contributed by atoms with Crippen LogP contribution in [-0.4, -0.2) is 55.0 Å². The zero-order valence-electron chi connectivity index (χ0n) is 13.1. The van der Waals surface area contributed by atoms with Crippen LogP contribution in [0.1, 0.15) is 34.1 Å². The first-order valence-electron chi connectivity index (χ1n) is 7.62. The Balaban J connectivity index is 2.47. The van der Waals surface area contributed by atoms with Gasteiger partial charge in [-0.3, -0.25) is 9.69 Å². The van der Waals surface area contributed by atoms with Crippen molar-refractivity contribution in [2.24, 2.45) is 23.5 Å². The molecule has 1 saturated heterocycles. The summed E-state index contributed by atoms with van der Waals surface area (Å²) in [4.78, 5) is 16.7. The fourth-order valence-electron chi connectivity index (χ4n) is 2.70. The van der Waals surface area contributed by atoms with E-state index >= 15 is 0 Å². The van der Waals surface area contributed by atoms with Gasteiger partial charge in [-0.2, -0.15) is 0 Å². The van der Waals surface area contributed by atoms with Crippen LogP contribution in [0, 0.1) is 17.8 Å². The molecule has 1 rings (SSSR count). The first kappa shape index (κ1) is 16.4. The van der Waals surface area contributed by atoms with Crippen molar-refractivity contribution in [3.63, 3.8) is 0 Å². The SMILES string of the molecule is CC(C)CN(CC(C)C)C(=O)CN1CCC(CN)C1. The second kappa shape index (κ2) is 7.85. The highest BCUT2D eigenvalue weighted by Gasteiger charge is 2.25. The second-order valence-corrected chi connectivity index (χ2v) is 6.71. The number of nitrogens with two attached hydrogens (primary N) is 1. The fraction of sp³-hybridized carbons (Fsp3) is 0.933. The molecular formula is C15H31N3O. The van der Waals surface area contributed by atoms with Gasteiger partial charge in [0, 0.05) is 19.6 Å². The Hall–Kier alpha value is -0.610. The minimum Gasteiger partial charge on any atom is -0.341 e. The third kappa shape index (κ3) is 5.91. The van der Waals surface area contributed by atoms with Crippen LogP contribution in [0.5, 0.6) is 0 Å². The van der Waals surface area contributed by atoms with E-state index in [1.165, 1.54) is 0 Å². The van der Waals surface area contributed by atoms with E-state index < -0.39 is 0 Å². The highest BCUT2D eigenvalue weighted by molar-refractivity contribution is 5.78. The molecule has 0 saturated carbocycles. The summed E-state index contributed by atoms with van der Waals surface area (Å²) in [5.41, 5.74) is 5.70. The van der Waals surface area contributed by atoms with E-state index in [2.05, 4.69) is 32.6 Å². The normalized spacial score (nSPS) is 20.5. The van der Waals surface area contributed by atoms with E-state index in [1.54, 1.807) is 0 Å². The summed E-state index contributed by atoms with van der Waals surface area (Å²) >= 11 is 0. The van der Waals surface area contributed by atoms with Gasteiger partial charge in [0.15, 0.2) is 0 Å². The Morgan fingerprint density at radius 2 is 1.84 bits per heavy atom. The molecule has 1 unspecified atom stereocenters. The van der Waals surface area contributed by atoms with Crippen molar-refractivity contribution in [2.45, 2.75) is 34.1 Å². The first-order chi connectivity index (χ1) is 8.92. The van der Waals surface area contributed by atoms with Crippen LogP contribution >= 0.6 is 0 Å². The molecule has 1 atom stereocenters. The minimum atomic E-state index is 0.278. The molecule has 1 aliphatic rings. The fourth-order valence-corrected chi connectivity index (χ4v) is 2.70. The van der Waals surface area contributed by atoms with Crippen molar-refractivity contribution in [1.82, 2.24) is 9.80 Å². The molecule has 2 N–H and O–H groups in total. The van der Waals surface area contributed by atoms with Crippen molar-refractivity contribution in [1.29, 1.82) is 0 Å². The van der Waals surface area contributed by atoms with Crippen LogP contribution < -0.4 is 5.73 Å². The van der Waals surface area contributed by atoms with Gasteiger partial charge >= 0.3 is 0 Å². The molecule has 112 valence electrons. The maximum Gasteiger partial charge on any atom is 0.236 e. The maximum absolute atomic E-state index is 12.4. The molecular weight excluding hydrogens is 238 g/mol. The number of amides is 1. The Kier molecular flexibility index (Phi) is 6.80. The Bertz CT molecular complexity index is 269. The minimum absolute atomic E-state index is 0.278. The van der Waals surface area contributed by atoms with Gasteiger partial charge in [0.25, 0.3) is 0 Å². The number of hydrogen-bond acceptors (Lipinski definition) is 3. The lowest BCUT2D eigenvalue weighted by molar-refractivity contribution is -0.133. The predicted octanol–water partition coefficient (Wildman–Crippen LogP) is 1.41. The van der Waals surface area contributed by atoms with Gasteiger partial charge in [0.1, 0.15) is 0 Å². The molecule has 19 heavy (non-hydrogen) atoms. The van der Waals surface area contributed by atoms with Gasteiger partial charge in [-0.25, -0.2) is 0 Å².